The zero-order chi connectivity index (χ0) is 17.9. The lowest BCUT2D eigenvalue weighted by molar-refractivity contribution is -0.387. The van der Waals surface area contributed by atoms with Crippen molar-refractivity contribution >= 4 is 21.2 Å². The predicted octanol–water partition coefficient (Wildman–Crippen LogP) is 2.64. The van der Waals surface area contributed by atoms with Crippen LogP contribution in [0.5, 0.6) is 5.75 Å². The van der Waals surface area contributed by atoms with Gasteiger partial charge in [-0.25, -0.2) is 8.42 Å². The molecule has 0 aliphatic carbocycles. The molecule has 2 aromatic carbocycles. The molecular weight excluding hydrogens is 332 g/mol. The van der Waals surface area contributed by atoms with Crippen LogP contribution in [0.3, 0.4) is 0 Å². The van der Waals surface area contributed by atoms with E-state index in [-0.39, 0.29) is 10.6 Å². The molecule has 128 valence electrons. The summed E-state index contributed by atoms with van der Waals surface area (Å²) in [6.07, 6.45) is 0.961. The number of benzene rings is 2. The number of para-hydroxylation sites is 1. The van der Waals surface area contributed by atoms with Crippen LogP contribution >= 0.6 is 0 Å². The van der Waals surface area contributed by atoms with E-state index in [9.17, 15) is 18.5 Å². The van der Waals surface area contributed by atoms with Crippen LogP contribution in [-0.4, -0.2) is 33.8 Å². The molecule has 2 aromatic rings. The van der Waals surface area contributed by atoms with Crippen LogP contribution in [0.2, 0.25) is 0 Å². The molecule has 2 rings (SSSR count). The van der Waals surface area contributed by atoms with E-state index in [1.54, 1.807) is 31.2 Å². The maximum Gasteiger partial charge on any atom is 0.311 e. The molecule has 0 atom stereocenters. The van der Waals surface area contributed by atoms with Crippen LogP contribution in [-0.2, 0) is 16.4 Å². The molecule has 0 heterocycles. The molecule has 0 bridgehead atoms. The molecule has 0 spiro atoms. The van der Waals surface area contributed by atoms with Gasteiger partial charge in [0.05, 0.1) is 12.0 Å². The highest BCUT2D eigenvalue weighted by atomic mass is 32.2. The molecule has 0 saturated carbocycles. The molecule has 24 heavy (non-hydrogen) atoms. The van der Waals surface area contributed by atoms with Crippen LogP contribution in [0.1, 0.15) is 5.56 Å². The Kier molecular flexibility index (Phi) is 5.08. The van der Waals surface area contributed by atoms with Gasteiger partial charge in [-0.1, -0.05) is 18.2 Å². The van der Waals surface area contributed by atoms with Crippen LogP contribution in [0.4, 0.5) is 11.4 Å². The molecule has 0 fully saturated rings. The summed E-state index contributed by atoms with van der Waals surface area (Å²) in [6, 6.07) is 11.6. The van der Waals surface area contributed by atoms with Crippen LogP contribution in [0, 0.1) is 10.1 Å². The molecule has 0 N–H and O–H groups in total. The molecule has 0 aliphatic heterocycles. The van der Waals surface area contributed by atoms with E-state index < -0.39 is 20.4 Å². The van der Waals surface area contributed by atoms with Gasteiger partial charge in [-0.15, -0.1) is 0 Å². The predicted molar refractivity (Wildman–Crippen MR) is 91.3 cm³/mol. The lowest BCUT2D eigenvalue weighted by atomic mass is 10.2. The normalized spacial score (nSPS) is 11.1. The minimum atomic E-state index is -3.70. The Hall–Kier alpha value is -2.61. The number of sulfone groups is 1. The lowest BCUT2D eigenvalue weighted by Gasteiger charge is -2.20. The summed E-state index contributed by atoms with van der Waals surface area (Å²) in [5.41, 5.74) is 0.757. The number of methoxy groups -OCH3 is 1. The van der Waals surface area contributed by atoms with Gasteiger partial charge < -0.3 is 9.64 Å². The second kappa shape index (κ2) is 6.88. The highest BCUT2D eigenvalue weighted by Crippen LogP contribution is 2.34. The van der Waals surface area contributed by atoms with Gasteiger partial charge in [0.15, 0.2) is 9.84 Å². The van der Waals surface area contributed by atoms with E-state index in [4.69, 9.17) is 4.74 Å². The zero-order valence-electron chi connectivity index (χ0n) is 13.6. The Morgan fingerprint density at radius 1 is 1.17 bits per heavy atom. The van der Waals surface area contributed by atoms with Gasteiger partial charge in [-0.3, -0.25) is 10.1 Å². The number of hydrogen-bond donors (Lipinski definition) is 0. The van der Waals surface area contributed by atoms with E-state index in [0.29, 0.717) is 12.3 Å². The van der Waals surface area contributed by atoms with Crippen molar-refractivity contribution in [1.29, 1.82) is 0 Å². The number of ether oxygens (including phenoxy) is 1. The molecule has 0 radical (unpaired) electrons. The van der Waals surface area contributed by atoms with Gasteiger partial charge in [-0.05, 0) is 29.8 Å². The Bertz CT molecular complexity index is 847. The first-order valence-corrected chi connectivity index (χ1v) is 8.94. The second-order valence-corrected chi connectivity index (χ2v) is 7.34. The van der Waals surface area contributed by atoms with Crippen molar-refractivity contribution in [2.24, 2.45) is 0 Å². The smallest absolute Gasteiger partial charge is 0.311 e. The Morgan fingerprint density at radius 2 is 1.79 bits per heavy atom. The highest BCUT2D eigenvalue weighted by Gasteiger charge is 2.27. The highest BCUT2D eigenvalue weighted by molar-refractivity contribution is 7.90. The summed E-state index contributed by atoms with van der Waals surface area (Å²) in [5, 5.41) is 11.4. The average molecular weight is 350 g/mol. The van der Waals surface area contributed by atoms with Gasteiger partial charge in [-0.2, -0.15) is 0 Å². The minimum absolute atomic E-state index is 0.249. The van der Waals surface area contributed by atoms with Crippen molar-refractivity contribution in [2.45, 2.75) is 11.4 Å². The summed E-state index contributed by atoms with van der Waals surface area (Å²) in [4.78, 5) is 12.1. The zero-order valence-corrected chi connectivity index (χ0v) is 14.4. The molecule has 8 heteroatoms. The van der Waals surface area contributed by atoms with Crippen molar-refractivity contribution in [1.82, 2.24) is 0 Å². The quantitative estimate of drug-likeness (QED) is 0.588. The van der Waals surface area contributed by atoms with Crippen molar-refractivity contribution < 1.29 is 18.1 Å². The van der Waals surface area contributed by atoms with Gasteiger partial charge in [0.25, 0.3) is 0 Å². The minimum Gasteiger partial charge on any atom is -0.497 e. The van der Waals surface area contributed by atoms with Crippen molar-refractivity contribution in [3.8, 4) is 5.75 Å². The SMILES string of the molecule is COc1ccc(CN(C)c2cccc(S(C)(=O)=O)c2[N+](=O)[O-])cc1. The fourth-order valence-corrected chi connectivity index (χ4v) is 3.25. The molecule has 0 amide bonds. The molecule has 0 aliphatic rings. The van der Waals surface area contributed by atoms with E-state index >= 15 is 0 Å². The van der Waals surface area contributed by atoms with Crippen LogP contribution < -0.4 is 9.64 Å². The molecule has 0 saturated heterocycles. The van der Waals surface area contributed by atoms with E-state index in [1.807, 2.05) is 12.1 Å². The monoisotopic (exact) mass is 350 g/mol. The first-order valence-electron chi connectivity index (χ1n) is 7.05. The Labute approximate surface area is 140 Å². The fourth-order valence-electron chi connectivity index (χ4n) is 2.39. The number of rotatable bonds is 6. The second-order valence-electron chi connectivity index (χ2n) is 5.36. The van der Waals surface area contributed by atoms with Gasteiger partial charge in [0.1, 0.15) is 16.3 Å². The maximum absolute atomic E-state index is 11.8. The molecule has 7 nitrogen and oxygen atoms in total. The third kappa shape index (κ3) is 3.83. The first kappa shape index (κ1) is 17.7. The van der Waals surface area contributed by atoms with Crippen molar-refractivity contribution in [3.63, 3.8) is 0 Å². The molecule has 0 aromatic heterocycles. The summed E-state index contributed by atoms with van der Waals surface area (Å²) in [6.45, 7) is 0.387. The summed E-state index contributed by atoms with van der Waals surface area (Å²) in [5.74, 6) is 0.714. The van der Waals surface area contributed by atoms with Gasteiger partial charge >= 0.3 is 5.69 Å². The van der Waals surface area contributed by atoms with E-state index in [0.717, 1.165) is 11.8 Å². The summed E-state index contributed by atoms with van der Waals surface area (Å²) < 4.78 is 28.7. The van der Waals surface area contributed by atoms with E-state index in [1.165, 1.54) is 18.2 Å². The average Bonchev–Trinajstić information content (AvgIpc) is 2.53. The largest absolute Gasteiger partial charge is 0.497 e. The third-order valence-electron chi connectivity index (χ3n) is 3.55. The van der Waals surface area contributed by atoms with Gasteiger partial charge in [0, 0.05) is 19.8 Å². The standard InChI is InChI=1S/C16H18N2O5S/c1-17(11-12-7-9-13(23-2)10-8-12)14-5-4-6-15(24(3,21)22)16(14)18(19)20/h4-10H,11H2,1-3H3. The Balaban J connectivity index is 2.41. The van der Waals surface area contributed by atoms with Crippen LogP contribution in [0.15, 0.2) is 47.4 Å². The fraction of sp³-hybridized carbons (Fsp3) is 0.250. The van der Waals surface area contributed by atoms with Crippen LogP contribution in [0.25, 0.3) is 0 Å². The number of nitro groups is 1. The summed E-state index contributed by atoms with van der Waals surface area (Å²) in [7, 11) is -0.451. The van der Waals surface area contributed by atoms with Gasteiger partial charge in [0.2, 0.25) is 0 Å². The number of anilines is 1. The number of hydrogen-bond acceptors (Lipinski definition) is 6. The topological polar surface area (TPSA) is 89.8 Å². The van der Waals surface area contributed by atoms with Crippen molar-refractivity contribution in [3.05, 3.63) is 58.1 Å². The number of nitrogens with zero attached hydrogens (tertiary/aromatic N) is 2. The maximum atomic E-state index is 11.8. The molecular formula is C16H18N2O5S. The number of nitro benzene ring substituents is 1. The third-order valence-corrected chi connectivity index (χ3v) is 4.68. The molecule has 0 unspecified atom stereocenters. The lowest BCUT2D eigenvalue weighted by Crippen LogP contribution is -2.18. The Morgan fingerprint density at radius 3 is 2.29 bits per heavy atom. The first-order chi connectivity index (χ1) is 11.2. The van der Waals surface area contributed by atoms with Crippen molar-refractivity contribution in [2.75, 3.05) is 25.3 Å². The summed E-state index contributed by atoms with van der Waals surface area (Å²) >= 11 is 0. The van der Waals surface area contributed by atoms with E-state index in [2.05, 4.69) is 0 Å².